The van der Waals surface area contributed by atoms with Crippen LogP contribution in [0, 0.1) is 6.92 Å². The number of carbonyl (C=O) groups excluding carboxylic acids is 1. The van der Waals surface area contributed by atoms with E-state index in [1.54, 1.807) is 36.8 Å². The van der Waals surface area contributed by atoms with Crippen LogP contribution >= 0.6 is 11.3 Å². The highest BCUT2D eigenvalue weighted by atomic mass is 32.1. The van der Waals surface area contributed by atoms with Gasteiger partial charge in [0.05, 0.1) is 6.54 Å². The van der Waals surface area contributed by atoms with Gasteiger partial charge in [-0.15, -0.1) is 11.3 Å². The fraction of sp³-hybridized carbons (Fsp3) is 0.143. The molecule has 0 unspecified atom stereocenters. The fourth-order valence-corrected chi connectivity index (χ4v) is 3.99. The smallest absolute Gasteiger partial charge is 0.356 e. The Balaban J connectivity index is 1.73. The lowest BCUT2D eigenvalue weighted by Gasteiger charge is -2.09. The molecule has 0 N–H and O–H groups in total. The number of benzene rings is 1. The van der Waals surface area contributed by atoms with Crippen molar-refractivity contribution in [2.45, 2.75) is 20.1 Å². The average molecular weight is 407 g/mol. The summed E-state index contributed by atoms with van der Waals surface area (Å²) in [4.78, 5) is 42.8. The zero-order valence-corrected chi connectivity index (χ0v) is 16.4. The monoisotopic (exact) mass is 407 g/mol. The number of hydrogen-bond acceptors (Lipinski definition) is 6. The van der Waals surface area contributed by atoms with E-state index in [0.29, 0.717) is 10.4 Å². The number of pyridine rings is 1. The van der Waals surface area contributed by atoms with E-state index in [1.165, 1.54) is 15.7 Å². The molecule has 0 fully saturated rings. The summed E-state index contributed by atoms with van der Waals surface area (Å²) in [5, 5.41) is 1.55. The first kappa shape index (κ1) is 18.8. The van der Waals surface area contributed by atoms with Crippen molar-refractivity contribution in [1.29, 1.82) is 0 Å². The van der Waals surface area contributed by atoms with Crippen LogP contribution < -0.4 is 11.2 Å². The van der Waals surface area contributed by atoms with Gasteiger partial charge in [0.2, 0.25) is 0 Å². The maximum Gasteiger partial charge on any atom is 0.356 e. The summed E-state index contributed by atoms with van der Waals surface area (Å²) >= 11 is 1.17. The van der Waals surface area contributed by atoms with Crippen molar-refractivity contribution in [3.05, 3.63) is 103 Å². The van der Waals surface area contributed by atoms with E-state index in [0.717, 1.165) is 15.7 Å². The molecule has 7 nitrogen and oxygen atoms in total. The normalized spacial score (nSPS) is 10.9. The lowest BCUT2D eigenvalue weighted by molar-refractivity contribution is 0.0464. The maximum atomic E-state index is 13.1. The van der Waals surface area contributed by atoms with E-state index >= 15 is 0 Å². The minimum Gasteiger partial charge on any atom is -0.456 e. The summed E-state index contributed by atoms with van der Waals surface area (Å²) in [5.74, 6) is -0.625. The standard InChI is InChI=1S/C21H17N3O4S/c1-14-18(25)23(11-15-5-3-2-4-6-15)21(27)24-17(13-29-19(14)24)20(26)28-12-16-7-9-22-10-8-16/h2-10,13H,11-12H2,1H3. The molecule has 0 atom stereocenters. The first-order valence-corrected chi connectivity index (χ1v) is 9.78. The van der Waals surface area contributed by atoms with Crippen molar-refractivity contribution in [3.8, 4) is 0 Å². The molecule has 0 radical (unpaired) electrons. The van der Waals surface area contributed by atoms with Gasteiger partial charge in [0, 0.05) is 23.3 Å². The van der Waals surface area contributed by atoms with Crippen LogP contribution in [-0.2, 0) is 17.9 Å². The van der Waals surface area contributed by atoms with E-state index in [9.17, 15) is 14.4 Å². The number of aromatic nitrogens is 3. The van der Waals surface area contributed by atoms with Gasteiger partial charge in [-0.25, -0.2) is 14.0 Å². The Morgan fingerprint density at radius 2 is 1.79 bits per heavy atom. The molecule has 8 heteroatoms. The highest BCUT2D eigenvalue weighted by Gasteiger charge is 2.20. The molecule has 0 aliphatic heterocycles. The second-order valence-corrected chi connectivity index (χ2v) is 7.34. The van der Waals surface area contributed by atoms with Gasteiger partial charge in [-0.05, 0) is 30.2 Å². The zero-order chi connectivity index (χ0) is 20.4. The number of carbonyl (C=O) groups is 1. The number of ether oxygens (including phenoxy) is 1. The Hall–Kier alpha value is -3.52. The molecule has 0 aliphatic carbocycles. The van der Waals surface area contributed by atoms with Crippen molar-refractivity contribution >= 4 is 22.1 Å². The number of aryl methyl sites for hydroxylation is 1. The first-order valence-electron chi connectivity index (χ1n) is 8.90. The Morgan fingerprint density at radius 1 is 1.07 bits per heavy atom. The van der Waals surface area contributed by atoms with Gasteiger partial charge < -0.3 is 4.74 Å². The molecular formula is C21H17N3O4S. The van der Waals surface area contributed by atoms with Crippen LogP contribution in [0.25, 0.3) is 4.83 Å². The summed E-state index contributed by atoms with van der Waals surface area (Å²) < 4.78 is 7.76. The van der Waals surface area contributed by atoms with Crippen molar-refractivity contribution in [3.63, 3.8) is 0 Å². The molecular weight excluding hydrogens is 390 g/mol. The molecule has 0 saturated carbocycles. The molecule has 146 valence electrons. The van der Waals surface area contributed by atoms with Crippen molar-refractivity contribution in [2.24, 2.45) is 0 Å². The Labute approximate surface area is 169 Å². The predicted octanol–water partition coefficient (Wildman–Crippen LogP) is 2.63. The van der Waals surface area contributed by atoms with E-state index < -0.39 is 11.7 Å². The number of esters is 1. The van der Waals surface area contributed by atoms with Crippen LogP contribution in [0.2, 0.25) is 0 Å². The first-order chi connectivity index (χ1) is 14.1. The Kier molecular flexibility index (Phi) is 5.09. The van der Waals surface area contributed by atoms with E-state index in [1.807, 2.05) is 30.3 Å². The van der Waals surface area contributed by atoms with Gasteiger partial charge in [-0.3, -0.25) is 14.3 Å². The molecule has 4 aromatic rings. The predicted molar refractivity (Wildman–Crippen MR) is 109 cm³/mol. The third-order valence-electron chi connectivity index (χ3n) is 4.55. The lowest BCUT2D eigenvalue weighted by Crippen LogP contribution is -2.39. The summed E-state index contributed by atoms with van der Waals surface area (Å²) in [6, 6.07) is 12.7. The van der Waals surface area contributed by atoms with Gasteiger partial charge in [0.1, 0.15) is 17.1 Å². The number of rotatable bonds is 5. The molecule has 29 heavy (non-hydrogen) atoms. The zero-order valence-electron chi connectivity index (χ0n) is 15.6. The number of hydrogen-bond donors (Lipinski definition) is 0. The fourth-order valence-electron chi connectivity index (χ4n) is 3.02. The summed E-state index contributed by atoms with van der Waals surface area (Å²) in [5.41, 5.74) is 1.21. The van der Waals surface area contributed by atoms with Gasteiger partial charge in [-0.1, -0.05) is 30.3 Å². The lowest BCUT2D eigenvalue weighted by atomic mass is 10.2. The van der Waals surface area contributed by atoms with Crippen LogP contribution in [0.4, 0.5) is 0 Å². The quantitative estimate of drug-likeness (QED) is 0.475. The Morgan fingerprint density at radius 3 is 2.52 bits per heavy atom. The third kappa shape index (κ3) is 3.62. The van der Waals surface area contributed by atoms with Crippen LogP contribution in [0.15, 0.2) is 69.8 Å². The molecule has 3 heterocycles. The highest BCUT2D eigenvalue weighted by molar-refractivity contribution is 7.16. The van der Waals surface area contributed by atoms with Gasteiger partial charge in [0.15, 0.2) is 0 Å². The van der Waals surface area contributed by atoms with Gasteiger partial charge in [-0.2, -0.15) is 0 Å². The maximum absolute atomic E-state index is 13.1. The Bertz CT molecular complexity index is 1290. The van der Waals surface area contributed by atoms with Crippen molar-refractivity contribution in [1.82, 2.24) is 14.0 Å². The van der Waals surface area contributed by atoms with E-state index in [2.05, 4.69) is 4.98 Å². The van der Waals surface area contributed by atoms with Crippen molar-refractivity contribution < 1.29 is 9.53 Å². The number of fused-ring (bicyclic) bond motifs is 1. The molecule has 0 amide bonds. The van der Waals surface area contributed by atoms with Crippen LogP contribution in [0.1, 0.15) is 27.2 Å². The molecule has 0 bridgehead atoms. The average Bonchev–Trinajstić information content (AvgIpc) is 3.20. The minimum absolute atomic E-state index is 0.0656. The highest BCUT2D eigenvalue weighted by Crippen LogP contribution is 2.18. The van der Waals surface area contributed by atoms with E-state index in [-0.39, 0.29) is 24.4 Å². The number of nitrogens with zero attached hydrogens (tertiary/aromatic N) is 3. The minimum atomic E-state index is -0.625. The molecule has 0 saturated heterocycles. The van der Waals surface area contributed by atoms with E-state index in [4.69, 9.17) is 4.74 Å². The SMILES string of the molecule is Cc1c(=O)n(Cc2ccccc2)c(=O)n2c(C(=O)OCc3ccncc3)csc12. The van der Waals surface area contributed by atoms with Gasteiger partial charge >= 0.3 is 11.7 Å². The largest absolute Gasteiger partial charge is 0.456 e. The molecule has 1 aromatic carbocycles. The molecule has 3 aromatic heterocycles. The summed E-state index contributed by atoms with van der Waals surface area (Å²) in [6.07, 6.45) is 3.22. The summed E-state index contributed by atoms with van der Waals surface area (Å²) in [7, 11) is 0. The van der Waals surface area contributed by atoms with Crippen molar-refractivity contribution in [2.75, 3.05) is 0 Å². The van der Waals surface area contributed by atoms with Crippen LogP contribution in [0.5, 0.6) is 0 Å². The molecule has 4 rings (SSSR count). The second-order valence-electron chi connectivity index (χ2n) is 6.48. The molecule has 0 aliphatic rings. The van der Waals surface area contributed by atoms with Crippen LogP contribution in [-0.4, -0.2) is 19.9 Å². The third-order valence-corrected chi connectivity index (χ3v) is 5.60. The summed E-state index contributed by atoms with van der Waals surface area (Å²) in [6.45, 7) is 1.85. The topological polar surface area (TPSA) is 82.7 Å². The van der Waals surface area contributed by atoms with Gasteiger partial charge in [0.25, 0.3) is 5.56 Å². The molecule has 0 spiro atoms. The van der Waals surface area contributed by atoms with Crippen LogP contribution in [0.3, 0.4) is 0 Å². The number of thiazole rings is 1. The second kappa shape index (κ2) is 7.84.